The molecule has 0 saturated heterocycles. The molecule has 0 aliphatic carbocycles. The monoisotopic (exact) mass is 612 g/mol. The van der Waals surface area contributed by atoms with Crippen LogP contribution in [0.4, 0.5) is 0 Å². The molecule has 0 spiro atoms. The number of hydrogen-bond acceptors (Lipinski definition) is 2. The van der Waals surface area contributed by atoms with Gasteiger partial charge in [-0.15, -0.1) is 0 Å². The third-order valence-electron chi connectivity index (χ3n) is 9.49. The molecule has 224 valence electrons. The number of fused-ring (bicyclic) bond motifs is 7. The molecular formula is C44H28N4. The first-order valence-corrected chi connectivity index (χ1v) is 16.3. The second kappa shape index (κ2) is 10.5. The molecule has 10 aromatic rings. The highest BCUT2D eigenvalue weighted by Crippen LogP contribution is 2.39. The highest BCUT2D eigenvalue weighted by molar-refractivity contribution is 6.18. The van der Waals surface area contributed by atoms with Gasteiger partial charge in [0.1, 0.15) is 0 Å². The van der Waals surface area contributed by atoms with Crippen LogP contribution in [0.5, 0.6) is 0 Å². The molecule has 3 heterocycles. The molecule has 10 rings (SSSR count). The van der Waals surface area contributed by atoms with E-state index in [9.17, 15) is 0 Å². The number of aromatic nitrogens is 4. The van der Waals surface area contributed by atoms with E-state index in [4.69, 9.17) is 9.97 Å². The van der Waals surface area contributed by atoms with Gasteiger partial charge >= 0.3 is 0 Å². The van der Waals surface area contributed by atoms with Gasteiger partial charge in [0.2, 0.25) is 5.95 Å². The molecule has 0 unspecified atom stereocenters. The summed E-state index contributed by atoms with van der Waals surface area (Å²) in [6.07, 6.45) is 0. The van der Waals surface area contributed by atoms with E-state index in [0.29, 0.717) is 5.95 Å². The Morgan fingerprint density at radius 2 is 0.771 bits per heavy atom. The maximum absolute atomic E-state index is 5.23. The summed E-state index contributed by atoms with van der Waals surface area (Å²) in [4.78, 5) is 10.5. The molecule has 0 saturated carbocycles. The van der Waals surface area contributed by atoms with Gasteiger partial charge in [-0.1, -0.05) is 115 Å². The van der Waals surface area contributed by atoms with Crippen molar-refractivity contribution in [2.75, 3.05) is 0 Å². The van der Waals surface area contributed by atoms with Crippen molar-refractivity contribution in [1.29, 1.82) is 0 Å². The van der Waals surface area contributed by atoms with Gasteiger partial charge in [0.15, 0.2) is 0 Å². The Kier molecular flexibility index (Phi) is 5.84. The van der Waals surface area contributed by atoms with Crippen LogP contribution in [0.25, 0.3) is 88.5 Å². The van der Waals surface area contributed by atoms with E-state index in [1.54, 1.807) is 0 Å². The lowest BCUT2D eigenvalue weighted by molar-refractivity contribution is 0.996. The maximum Gasteiger partial charge on any atom is 0.235 e. The predicted molar refractivity (Wildman–Crippen MR) is 199 cm³/mol. The van der Waals surface area contributed by atoms with Crippen molar-refractivity contribution >= 4 is 54.4 Å². The van der Waals surface area contributed by atoms with Crippen molar-refractivity contribution in [3.05, 3.63) is 170 Å². The Morgan fingerprint density at radius 1 is 0.333 bits per heavy atom. The van der Waals surface area contributed by atoms with Crippen molar-refractivity contribution in [3.8, 4) is 34.2 Å². The molecule has 4 heteroatoms. The molecule has 0 N–H and O–H groups in total. The summed E-state index contributed by atoms with van der Waals surface area (Å²) < 4.78 is 4.62. The first-order valence-electron chi connectivity index (χ1n) is 16.3. The molecule has 0 fully saturated rings. The van der Waals surface area contributed by atoms with E-state index < -0.39 is 0 Å². The first-order chi connectivity index (χ1) is 23.8. The van der Waals surface area contributed by atoms with E-state index in [1.165, 1.54) is 43.4 Å². The van der Waals surface area contributed by atoms with Gasteiger partial charge in [-0.25, -0.2) is 9.97 Å². The van der Waals surface area contributed by atoms with Crippen LogP contribution >= 0.6 is 0 Å². The SMILES string of the molecule is c1ccc(-c2cc(-c3ccccc3)nc(-n3c4ccccc4c4cc5cc6c(cc5cc43)c3ccccc3n6-c3ccccc3)n2)cc1. The molecule has 0 atom stereocenters. The van der Waals surface area contributed by atoms with Gasteiger partial charge in [0.05, 0.1) is 33.5 Å². The van der Waals surface area contributed by atoms with Crippen molar-refractivity contribution in [3.63, 3.8) is 0 Å². The highest BCUT2D eigenvalue weighted by Gasteiger charge is 2.19. The first kappa shape index (κ1) is 26.7. The summed E-state index contributed by atoms with van der Waals surface area (Å²) in [7, 11) is 0. The number of nitrogens with zero attached hydrogens (tertiary/aromatic N) is 4. The average Bonchev–Trinajstić information content (AvgIpc) is 3.65. The van der Waals surface area contributed by atoms with Crippen LogP contribution in [0.15, 0.2) is 170 Å². The number of rotatable bonds is 4. The van der Waals surface area contributed by atoms with Crippen LogP contribution in [-0.2, 0) is 0 Å². The summed E-state index contributed by atoms with van der Waals surface area (Å²) in [6, 6.07) is 60.1. The number of hydrogen-bond donors (Lipinski definition) is 0. The molecule has 0 bridgehead atoms. The molecule has 0 radical (unpaired) electrons. The van der Waals surface area contributed by atoms with Crippen LogP contribution in [0, 0.1) is 0 Å². The van der Waals surface area contributed by atoms with E-state index in [0.717, 1.165) is 39.2 Å². The largest absolute Gasteiger partial charge is 0.309 e. The van der Waals surface area contributed by atoms with Gasteiger partial charge in [0.25, 0.3) is 0 Å². The average molecular weight is 613 g/mol. The van der Waals surface area contributed by atoms with Crippen molar-refractivity contribution in [1.82, 2.24) is 19.1 Å². The minimum atomic E-state index is 0.655. The van der Waals surface area contributed by atoms with E-state index in [2.05, 4.69) is 167 Å². The summed E-state index contributed by atoms with van der Waals surface area (Å²) in [6.45, 7) is 0. The molecule has 3 aromatic heterocycles. The highest BCUT2D eigenvalue weighted by atomic mass is 15.2. The minimum absolute atomic E-state index is 0.655. The second-order valence-electron chi connectivity index (χ2n) is 12.3. The Hall–Kier alpha value is -6.52. The summed E-state index contributed by atoms with van der Waals surface area (Å²) in [5.41, 5.74) is 9.62. The lowest BCUT2D eigenvalue weighted by Crippen LogP contribution is -2.04. The van der Waals surface area contributed by atoms with Gasteiger partial charge in [-0.3, -0.25) is 4.57 Å². The molecular weight excluding hydrogens is 585 g/mol. The zero-order valence-electron chi connectivity index (χ0n) is 26.0. The number of para-hydroxylation sites is 3. The normalized spacial score (nSPS) is 11.8. The fourth-order valence-electron chi connectivity index (χ4n) is 7.30. The van der Waals surface area contributed by atoms with Crippen LogP contribution in [0.2, 0.25) is 0 Å². The zero-order chi connectivity index (χ0) is 31.6. The Morgan fingerprint density at radius 3 is 1.31 bits per heavy atom. The molecule has 0 amide bonds. The third-order valence-corrected chi connectivity index (χ3v) is 9.49. The van der Waals surface area contributed by atoms with Crippen molar-refractivity contribution in [2.45, 2.75) is 0 Å². The fourth-order valence-corrected chi connectivity index (χ4v) is 7.30. The summed E-state index contributed by atoms with van der Waals surface area (Å²) in [5, 5.41) is 7.20. The molecule has 4 nitrogen and oxygen atoms in total. The molecule has 0 aliphatic heterocycles. The minimum Gasteiger partial charge on any atom is -0.309 e. The van der Waals surface area contributed by atoms with E-state index in [1.807, 2.05) is 12.1 Å². The quantitative estimate of drug-likeness (QED) is 0.198. The smallest absolute Gasteiger partial charge is 0.235 e. The van der Waals surface area contributed by atoms with Crippen molar-refractivity contribution < 1.29 is 0 Å². The Balaban J connectivity index is 1.29. The van der Waals surface area contributed by atoms with Gasteiger partial charge < -0.3 is 4.57 Å². The van der Waals surface area contributed by atoms with Crippen LogP contribution < -0.4 is 0 Å². The van der Waals surface area contributed by atoms with Gasteiger partial charge in [-0.2, -0.15) is 0 Å². The summed E-state index contributed by atoms with van der Waals surface area (Å²) >= 11 is 0. The van der Waals surface area contributed by atoms with Crippen molar-refractivity contribution in [2.24, 2.45) is 0 Å². The van der Waals surface area contributed by atoms with Gasteiger partial charge in [-0.05, 0) is 65.4 Å². The lowest BCUT2D eigenvalue weighted by atomic mass is 10.0. The topological polar surface area (TPSA) is 35.6 Å². The Labute approximate surface area is 276 Å². The predicted octanol–water partition coefficient (Wildman–Crippen LogP) is 11.2. The van der Waals surface area contributed by atoms with Crippen LogP contribution in [-0.4, -0.2) is 19.1 Å². The zero-order valence-corrected chi connectivity index (χ0v) is 26.0. The lowest BCUT2D eigenvalue weighted by Gasteiger charge is -2.12. The summed E-state index contributed by atoms with van der Waals surface area (Å²) in [5.74, 6) is 0.655. The molecule has 48 heavy (non-hydrogen) atoms. The number of benzene rings is 7. The molecule has 7 aromatic carbocycles. The van der Waals surface area contributed by atoms with Crippen LogP contribution in [0.3, 0.4) is 0 Å². The molecule has 0 aliphatic rings. The van der Waals surface area contributed by atoms with E-state index >= 15 is 0 Å². The Bertz CT molecular complexity index is 2760. The third kappa shape index (κ3) is 4.10. The second-order valence-corrected chi connectivity index (χ2v) is 12.3. The van der Waals surface area contributed by atoms with Gasteiger partial charge in [0, 0.05) is 38.4 Å². The van der Waals surface area contributed by atoms with E-state index in [-0.39, 0.29) is 0 Å². The maximum atomic E-state index is 5.23. The standard InChI is InChI=1S/C44H28N4/c1-4-14-29(15-5-1)38-28-39(30-16-6-2-7-17-30)46-44(45-38)48-41-23-13-11-21-35(41)37-25-31-26-42-36(24-32(31)27-43(37)48)34-20-10-12-22-40(34)47(42)33-18-8-3-9-19-33/h1-28H. The fraction of sp³-hybridized carbons (Fsp3) is 0. The van der Waals surface area contributed by atoms with Crippen LogP contribution in [0.1, 0.15) is 0 Å².